The SMILES string of the molecule is CCC(C(C)=O)C(=O)O.c1ccncc1. The van der Waals surface area contributed by atoms with Crippen LogP contribution in [0.2, 0.25) is 0 Å². The van der Waals surface area contributed by atoms with E-state index in [9.17, 15) is 9.59 Å². The van der Waals surface area contributed by atoms with Crippen LogP contribution in [0, 0.1) is 5.92 Å². The molecule has 0 radical (unpaired) electrons. The number of rotatable bonds is 3. The minimum absolute atomic E-state index is 0.273. The molecule has 0 saturated heterocycles. The number of carbonyl (C=O) groups is 2. The number of carboxylic acid groups (broad SMARTS) is 1. The molecule has 1 unspecified atom stereocenters. The van der Waals surface area contributed by atoms with Crippen LogP contribution in [0.15, 0.2) is 30.6 Å². The van der Waals surface area contributed by atoms with Gasteiger partial charge in [0.15, 0.2) is 0 Å². The fourth-order valence-corrected chi connectivity index (χ4v) is 0.949. The number of carboxylic acids is 1. The van der Waals surface area contributed by atoms with Crippen molar-refractivity contribution in [1.29, 1.82) is 0 Å². The molecule has 1 atom stereocenters. The topological polar surface area (TPSA) is 67.3 Å². The van der Waals surface area contributed by atoms with Gasteiger partial charge in [0, 0.05) is 12.4 Å². The summed E-state index contributed by atoms with van der Waals surface area (Å²) in [6.45, 7) is 2.97. The van der Waals surface area contributed by atoms with Gasteiger partial charge in [-0.15, -0.1) is 0 Å². The molecule has 1 heterocycles. The number of hydrogen-bond donors (Lipinski definition) is 1. The van der Waals surface area contributed by atoms with Crippen molar-refractivity contribution in [3.63, 3.8) is 0 Å². The number of pyridine rings is 1. The maximum Gasteiger partial charge on any atom is 0.314 e. The van der Waals surface area contributed by atoms with Crippen LogP contribution in [-0.2, 0) is 9.59 Å². The van der Waals surface area contributed by atoms with E-state index in [-0.39, 0.29) is 5.78 Å². The van der Waals surface area contributed by atoms with Crippen molar-refractivity contribution in [1.82, 2.24) is 4.98 Å². The highest BCUT2D eigenvalue weighted by Crippen LogP contribution is 2.02. The number of nitrogens with zero attached hydrogens (tertiary/aromatic N) is 1. The number of carbonyl (C=O) groups excluding carboxylic acids is 1. The summed E-state index contributed by atoms with van der Waals surface area (Å²) in [7, 11) is 0. The minimum Gasteiger partial charge on any atom is -0.481 e. The van der Waals surface area contributed by atoms with Crippen LogP contribution in [0.5, 0.6) is 0 Å². The summed E-state index contributed by atoms with van der Waals surface area (Å²) in [4.78, 5) is 24.4. The lowest BCUT2D eigenvalue weighted by Crippen LogP contribution is -2.19. The van der Waals surface area contributed by atoms with Crippen molar-refractivity contribution in [3.8, 4) is 0 Å². The third kappa shape index (κ3) is 6.37. The number of aromatic nitrogens is 1. The first-order chi connectivity index (χ1) is 7.09. The van der Waals surface area contributed by atoms with Crippen LogP contribution in [0.1, 0.15) is 20.3 Å². The van der Waals surface area contributed by atoms with Crippen LogP contribution in [0.25, 0.3) is 0 Å². The first kappa shape index (κ1) is 13.3. The van der Waals surface area contributed by atoms with Gasteiger partial charge in [-0.05, 0) is 25.5 Å². The first-order valence-electron chi connectivity index (χ1n) is 4.67. The molecule has 4 nitrogen and oxygen atoms in total. The molecule has 0 amide bonds. The minimum atomic E-state index is -1.02. The summed E-state index contributed by atoms with van der Waals surface area (Å²) in [5.74, 6) is -2.10. The Hall–Kier alpha value is -1.71. The van der Waals surface area contributed by atoms with Gasteiger partial charge in [-0.25, -0.2) is 0 Å². The lowest BCUT2D eigenvalue weighted by Gasteiger charge is -2.01. The molecule has 0 fully saturated rings. The summed E-state index contributed by atoms with van der Waals surface area (Å²) in [6.07, 6.45) is 3.88. The molecule has 0 aromatic carbocycles. The summed E-state index contributed by atoms with van der Waals surface area (Å²) in [6, 6.07) is 5.72. The van der Waals surface area contributed by atoms with E-state index in [0.29, 0.717) is 6.42 Å². The highest BCUT2D eigenvalue weighted by Gasteiger charge is 2.19. The van der Waals surface area contributed by atoms with Gasteiger partial charge in [0.2, 0.25) is 0 Å². The molecule has 1 rings (SSSR count). The second-order valence-corrected chi connectivity index (χ2v) is 2.93. The second-order valence-electron chi connectivity index (χ2n) is 2.93. The number of Topliss-reactive ketones (excluding diaryl/α,β-unsaturated/α-hetero) is 1. The molecular weight excluding hydrogens is 194 g/mol. The summed E-state index contributed by atoms with van der Waals surface area (Å²) in [5, 5.41) is 8.32. The predicted molar refractivity (Wildman–Crippen MR) is 56.3 cm³/mol. The monoisotopic (exact) mass is 209 g/mol. The zero-order valence-electron chi connectivity index (χ0n) is 8.88. The first-order valence-corrected chi connectivity index (χ1v) is 4.67. The molecule has 4 heteroatoms. The molecule has 82 valence electrons. The fourth-order valence-electron chi connectivity index (χ4n) is 0.949. The fraction of sp³-hybridized carbons (Fsp3) is 0.364. The molecule has 0 aliphatic heterocycles. The maximum absolute atomic E-state index is 10.4. The summed E-state index contributed by atoms with van der Waals surface area (Å²) >= 11 is 0. The third-order valence-corrected chi connectivity index (χ3v) is 1.76. The standard InChI is InChI=1S/C6H10O3.C5H5N/c1-3-5(4(2)7)6(8)9;1-2-4-6-5-3-1/h5H,3H2,1-2H3,(H,8,9);1-5H. The zero-order chi connectivity index (χ0) is 11.7. The Morgan fingerprint density at radius 2 is 1.80 bits per heavy atom. The van der Waals surface area contributed by atoms with E-state index in [1.807, 2.05) is 18.2 Å². The van der Waals surface area contributed by atoms with Gasteiger partial charge in [-0.2, -0.15) is 0 Å². The van der Waals surface area contributed by atoms with Gasteiger partial charge in [0.1, 0.15) is 11.7 Å². The average molecular weight is 209 g/mol. The predicted octanol–water partition coefficient (Wildman–Crippen LogP) is 1.77. The molecule has 15 heavy (non-hydrogen) atoms. The van der Waals surface area contributed by atoms with E-state index in [4.69, 9.17) is 5.11 Å². The van der Waals surface area contributed by atoms with E-state index >= 15 is 0 Å². The van der Waals surface area contributed by atoms with Gasteiger partial charge < -0.3 is 5.11 Å². The smallest absolute Gasteiger partial charge is 0.314 e. The molecule has 0 spiro atoms. The van der Waals surface area contributed by atoms with Crippen molar-refractivity contribution in [2.75, 3.05) is 0 Å². The van der Waals surface area contributed by atoms with Crippen LogP contribution >= 0.6 is 0 Å². The van der Waals surface area contributed by atoms with E-state index in [1.54, 1.807) is 19.3 Å². The molecule has 1 aromatic heterocycles. The Morgan fingerprint density at radius 1 is 1.27 bits per heavy atom. The third-order valence-electron chi connectivity index (χ3n) is 1.76. The van der Waals surface area contributed by atoms with Gasteiger partial charge in [0.25, 0.3) is 0 Å². The Morgan fingerprint density at radius 3 is 1.87 bits per heavy atom. The number of ketones is 1. The van der Waals surface area contributed by atoms with Crippen LogP contribution in [0.4, 0.5) is 0 Å². The lowest BCUT2D eigenvalue weighted by atomic mass is 10.0. The lowest BCUT2D eigenvalue weighted by molar-refractivity contribution is -0.145. The number of aliphatic carboxylic acids is 1. The van der Waals surface area contributed by atoms with Crippen molar-refractivity contribution >= 4 is 11.8 Å². The molecule has 1 N–H and O–H groups in total. The Labute approximate surface area is 89.0 Å². The van der Waals surface area contributed by atoms with E-state index < -0.39 is 11.9 Å². The zero-order valence-corrected chi connectivity index (χ0v) is 8.88. The quantitative estimate of drug-likeness (QED) is 0.770. The second kappa shape index (κ2) is 7.67. The molecule has 0 aliphatic rings. The van der Waals surface area contributed by atoms with Gasteiger partial charge in [0.05, 0.1) is 0 Å². The highest BCUT2D eigenvalue weighted by molar-refractivity contribution is 5.96. The van der Waals surface area contributed by atoms with E-state index in [2.05, 4.69) is 4.98 Å². The van der Waals surface area contributed by atoms with Crippen LogP contribution in [-0.4, -0.2) is 21.8 Å². The van der Waals surface area contributed by atoms with E-state index in [1.165, 1.54) is 6.92 Å². The molecular formula is C11H15NO3. The Kier molecular flexibility index (Phi) is 6.80. The van der Waals surface area contributed by atoms with E-state index in [0.717, 1.165) is 0 Å². The molecule has 0 bridgehead atoms. The number of hydrogen-bond acceptors (Lipinski definition) is 3. The van der Waals surface area contributed by atoms with Crippen molar-refractivity contribution in [3.05, 3.63) is 30.6 Å². The highest BCUT2D eigenvalue weighted by atomic mass is 16.4. The maximum atomic E-state index is 10.4. The molecule has 0 aliphatic carbocycles. The Bertz CT molecular complexity index is 257. The average Bonchev–Trinajstić information content (AvgIpc) is 2.21. The normalized spacial score (nSPS) is 10.8. The van der Waals surface area contributed by atoms with Gasteiger partial charge in [-0.3, -0.25) is 14.6 Å². The summed E-state index contributed by atoms with van der Waals surface area (Å²) < 4.78 is 0. The molecule has 1 aromatic rings. The van der Waals surface area contributed by atoms with Gasteiger partial charge in [-0.1, -0.05) is 13.0 Å². The largest absolute Gasteiger partial charge is 0.481 e. The Balaban J connectivity index is 0.000000280. The van der Waals surface area contributed by atoms with Crippen molar-refractivity contribution in [2.45, 2.75) is 20.3 Å². The van der Waals surface area contributed by atoms with Crippen molar-refractivity contribution in [2.24, 2.45) is 5.92 Å². The van der Waals surface area contributed by atoms with Crippen LogP contribution in [0.3, 0.4) is 0 Å². The van der Waals surface area contributed by atoms with Gasteiger partial charge >= 0.3 is 5.97 Å². The van der Waals surface area contributed by atoms with Crippen molar-refractivity contribution < 1.29 is 14.7 Å². The summed E-state index contributed by atoms with van der Waals surface area (Å²) in [5.41, 5.74) is 0. The molecule has 0 saturated carbocycles. The van der Waals surface area contributed by atoms with Crippen LogP contribution < -0.4 is 0 Å².